The molecule has 1 atom stereocenters. The predicted octanol–water partition coefficient (Wildman–Crippen LogP) is 5.22. The summed E-state index contributed by atoms with van der Waals surface area (Å²) in [5, 5.41) is 1.09. The molecule has 0 radical (unpaired) electrons. The standard InChI is InChI=1S/C16H25BrO/c1-3-4-5-6-8-15(13-17)11-14-9-7-10-16(12-14)18-2/h7,9-10,12,15H,3-6,8,11,13H2,1-2H3. The van der Waals surface area contributed by atoms with Crippen molar-refractivity contribution in [1.29, 1.82) is 0 Å². The third-order valence-corrected chi connectivity index (χ3v) is 4.26. The molecule has 0 amide bonds. The van der Waals surface area contributed by atoms with Crippen LogP contribution in [0.2, 0.25) is 0 Å². The van der Waals surface area contributed by atoms with Gasteiger partial charge in [-0.05, 0) is 36.5 Å². The lowest BCUT2D eigenvalue weighted by Crippen LogP contribution is -2.06. The zero-order valence-corrected chi connectivity index (χ0v) is 13.2. The summed E-state index contributed by atoms with van der Waals surface area (Å²) in [5.74, 6) is 1.71. The lowest BCUT2D eigenvalue weighted by molar-refractivity contribution is 0.413. The molecular formula is C16H25BrO. The van der Waals surface area contributed by atoms with Gasteiger partial charge in [0.15, 0.2) is 0 Å². The van der Waals surface area contributed by atoms with Crippen molar-refractivity contribution in [3.05, 3.63) is 29.8 Å². The Morgan fingerprint density at radius 3 is 2.72 bits per heavy atom. The van der Waals surface area contributed by atoms with Crippen LogP contribution in [0.5, 0.6) is 5.75 Å². The molecule has 0 saturated carbocycles. The van der Waals surface area contributed by atoms with Gasteiger partial charge in [-0.3, -0.25) is 0 Å². The van der Waals surface area contributed by atoms with Gasteiger partial charge in [-0.1, -0.05) is 60.7 Å². The molecule has 0 saturated heterocycles. The number of alkyl halides is 1. The largest absolute Gasteiger partial charge is 0.497 e. The van der Waals surface area contributed by atoms with Crippen molar-refractivity contribution in [3.8, 4) is 5.75 Å². The van der Waals surface area contributed by atoms with Crippen LogP contribution in [0.25, 0.3) is 0 Å². The van der Waals surface area contributed by atoms with Gasteiger partial charge in [-0.25, -0.2) is 0 Å². The van der Waals surface area contributed by atoms with Crippen molar-refractivity contribution in [3.63, 3.8) is 0 Å². The van der Waals surface area contributed by atoms with E-state index in [1.165, 1.54) is 37.7 Å². The second-order valence-electron chi connectivity index (χ2n) is 4.93. The summed E-state index contributed by atoms with van der Waals surface area (Å²) in [5.41, 5.74) is 1.38. The van der Waals surface area contributed by atoms with E-state index in [1.54, 1.807) is 7.11 Å². The Bertz CT molecular complexity index is 325. The van der Waals surface area contributed by atoms with Gasteiger partial charge >= 0.3 is 0 Å². The Balaban J connectivity index is 2.41. The van der Waals surface area contributed by atoms with E-state index in [2.05, 4.69) is 41.1 Å². The maximum absolute atomic E-state index is 5.27. The highest BCUT2D eigenvalue weighted by Gasteiger charge is 2.08. The van der Waals surface area contributed by atoms with Gasteiger partial charge in [-0.15, -0.1) is 0 Å². The topological polar surface area (TPSA) is 9.23 Å². The number of benzene rings is 1. The number of halogens is 1. The summed E-state index contributed by atoms with van der Waals surface area (Å²) in [7, 11) is 1.73. The fourth-order valence-electron chi connectivity index (χ4n) is 2.23. The first-order valence-corrected chi connectivity index (χ1v) is 8.11. The van der Waals surface area contributed by atoms with Gasteiger partial charge in [0, 0.05) is 5.33 Å². The first kappa shape index (κ1) is 15.6. The molecule has 0 aliphatic carbocycles. The number of rotatable bonds is 9. The molecule has 0 aliphatic heterocycles. The third kappa shape index (κ3) is 5.90. The van der Waals surface area contributed by atoms with Crippen molar-refractivity contribution >= 4 is 15.9 Å². The molecule has 102 valence electrons. The number of hydrogen-bond acceptors (Lipinski definition) is 1. The minimum absolute atomic E-state index is 0.744. The smallest absolute Gasteiger partial charge is 0.119 e. The summed E-state index contributed by atoms with van der Waals surface area (Å²) in [4.78, 5) is 0. The Kier molecular flexibility index (Phi) is 8.15. The molecular weight excluding hydrogens is 288 g/mol. The van der Waals surface area contributed by atoms with E-state index >= 15 is 0 Å². The second kappa shape index (κ2) is 9.43. The Labute approximate surface area is 120 Å². The molecule has 0 heterocycles. The van der Waals surface area contributed by atoms with Crippen LogP contribution in [0.15, 0.2) is 24.3 Å². The molecule has 2 heteroatoms. The number of ether oxygens (including phenoxy) is 1. The van der Waals surface area contributed by atoms with Crippen molar-refractivity contribution < 1.29 is 4.74 Å². The van der Waals surface area contributed by atoms with E-state index in [-0.39, 0.29) is 0 Å². The molecule has 0 N–H and O–H groups in total. The van der Waals surface area contributed by atoms with Crippen molar-refractivity contribution in [1.82, 2.24) is 0 Å². The normalized spacial score (nSPS) is 12.4. The minimum Gasteiger partial charge on any atom is -0.497 e. The average molecular weight is 313 g/mol. The second-order valence-corrected chi connectivity index (χ2v) is 5.57. The van der Waals surface area contributed by atoms with Gasteiger partial charge in [-0.2, -0.15) is 0 Å². The third-order valence-electron chi connectivity index (χ3n) is 3.34. The van der Waals surface area contributed by atoms with Crippen LogP contribution in [0.1, 0.15) is 44.6 Å². The van der Waals surface area contributed by atoms with Crippen molar-refractivity contribution in [2.75, 3.05) is 12.4 Å². The highest BCUT2D eigenvalue weighted by molar-refractivity contribution is 9.09. The Morgan fingerprint density at radius 2 is 2.06 bits per heavy atom. The van der Waals surface area contributed by atoms with Crippen LogP contribution in [-0.4, -0.2) is 12.4 Å². The van der Waals surface area contributed by atoms with Gasteiger partial charge < -0.3 is 4.74 Å². The lowest BCUT2D eigenvalue weighted by Gasteiger charge is -2.14. The molecule has 1 unspecified atom stereocenters. The number of methoxy groups -OCH3 is 1. The molecule has 18 heavy (non-hydrogen) atoms. The first-order valence-electron chi connectivity index (χ1n) is 6.99. The lowest BCUT2D eigenvalue weighted by atomic mass is 9.95. The first-order chi connectivity index (χ1) is 8.80. The van der Waals surface area contributed by atoms with Gasteiger partial charge in [0.25, 0.3) is 0 Å². The van der Waals surface area contributed by atoms with Gasteiger partial charge in [0.05, 0.1) is 7.11 Å². The summed E-state index contributed by atoms with van der Waals surface area (Å²) in [6.07, 6.45) is 7.88. The van der Waals surface area contributed by atoms with E-state index in [0.29, 0.717) is 0 Å². The predicted molar refractivity (Wildman–Crippen MR) is 82.7 cm³/mol. The van der Waals surface area contributed by atoms with E-state index in [9.17, 15) is 0 Å². The summed E-state index contributed by atoms with van der Waals surface area (Å²) < 4.78 is 5.27. The van der Waals surface area contributed by atoms with Crippen LogP contribution in [0.3, 0.4) is 0 Å². The Hall–Kier alpha value is -0.500. The molecule has 1 aromatic rings. The summed E-state index contributed by atoms with van der Waals surface area (Å²) in [6.45, 7) is 2.26. The van der Waals surface area contributed by atoms with Crippen molar-refractivity contribution in [2.24, 2.45) is 5.92 Å². The van der Waals surface area contributed by atoms with Crippen LogP contribution < -0.4 is 4.74 Å². The Morgan fingerprint density at radius 1 is 1.22 bits per heavy atom. The van der Waals surface area contributed by atoms with Crippen LogP contribution in [0, 0.1) is 5.92 Å². The quantitative estimate of drug-likeness (QED) is 0.449. The van der Waals surface area contributed by atoms with Crippen LogP contribution in [0.4, 0.5) is 0 Å². The number of hydrogen-bond donors (Lipinski definition) is 0. The minimum atomic E-state index is 0.744. The molecule has 1 aromatic carbocycles. The molecule has 0 fully saturated rings. The zero-order chi connectivity index (χ0) is 13.2. The average Bonchev–Trinajstić information content (AvgIpc) is 2.42. The molecule has 0 aromatic heterocycles. The fraction of sp³-hybridized carbons (Fsp3) is 0.625. The van der Waals surface area contributed by atoms with E-state index in [1.807, 2.05) is 6.07 Å². The molecule has 0 spiro atoms. The molecule has 0 bridgehead atoms. The molecule has 1 rings (SSSR count). The molecule has 0 aliphatic rings. The molecule has 1 nitrogen and oxygen atoms in total. The fourth-order valence-corrected chi connectivity index (χ4v) is 2.78. The maximum Gasteiger partial charge on any atom is 0.119 e. The highest BCUT2D eigenvalue weighted by atomic mass is 79.9. The summed E-state index contributed by atoms with van der Waals surface area (Å²) in [6, 6.07) is 8.44. The SMILES string of the molecule is CCCCCCC(CBr)Cc1cccc(OC)c1. The maximum atomic E-state index is 5.27. The van der Waals surface area contributed by atoms with Gasteiger partial charge in [0.1, 0.15) is 5.75 Å². The van der Waals surface area contributed by atoms with Gasteiger partial charge in [0.2, 0.25) is 0 Å². The highest BCUT2D eigenvalue weighted by Crippen LogP contribution is 2.21. The van der Waals surface area contributed by atoms with E-state index < -0.39 is 0 Å². The van der Waals surface area contributed by atoms with E-state index in [0.717, 1.165) is 23.4 Å². The zero-order valence-electron chi connectivity index (χ0n) is 11.6. The van der Waals surface area contributed by atoms with Crippen LogP contribution >= 0.6 is 15.9 Å². The van der Waals surface area contributed by atoms with E-state index in [4.69, 9.17) is 4.74 Å². The monoisotopic (exact) mass is 312 g/mol. The number of unbranched alkanes of at least 4 members (excludes halogenated alkanes) is 3. The summed E-state index contributed by atoms with van der Waals surface area (Å²) >= 11 is 3.65. The van der Waals surface area contributed by atoms with Crippen LogP contribution in [-0.2, 0) is 6.42 Å². The van der Waals surface area contributed by atoms with Crippen molar-refractivity contribution in [2.45, 2.75) is 45.4 Å².